The highest BCUT2D eigenvalue weighted by atomic mass is 17.3. The molecule has 1 aliphatic carbocycles. The molecule has 0 saturated carbocycles. The Morgan fingerprint density at radius 2 is 1.21 bits per heavy atom. The largest absolute Gasteiger partial charge is 0.469 e. The first-order valence-electron chi connectivity index (χ1n) is 11.7. The second-order valence-corrected chi connectivity index (χ2v) is 9.25. The SMILES string of the molecule is OCC1=CC(O)C2(OOC3OC(CO)C(O)C(O)C3O)C=COC(OOC3OC(CO)C(O)C(O)C3O)C12. The topological polar surface area (TPSA) is 267 Å². The van der Waals surface area contributed by atoms with Crippen LogP contribution in [0.2, 0.25) is 0 Å². The van der Waals surface area contributed by atoms with E-state index in [2.05, 4.69) is 0 Å². The molecule has 17 heteroatoms. The highest BCUT2D eigenvalue weighted by Crippen LogP contribution is 2.46. The van der Waals surface area contributed by atoms with Crippen molar-refractivity contribution in [2.75, 3.05) is 19.8 Å². The zero-order valence-electron chi connectivity index (χ0n) is 19.7. The molecule has 0 aromatic heterocycles. The molecule has 0 bridgehead atoms. The monoisotopic (exact) mass is 556 g/mol. The van der Waals surface area contributed by atoms with Crippen LogP contribution in [0.25, 0.3) is 0 Å². The minimum absolute atomic E-state index is 0.127. The number of ether oxygens (including phenoxy) is 3. The minimum Gasteiger partial charge on any atom is -0.469 e. The van der Waals surface area contributed by atoms with Crippen molar-refractivity contribution in [3.05, 3.63) is 24.0 Å². The third kappa shape index (κ3) is 5.22. The fraction of sp³-hybridized carbons (Fsp3) is 0.810. The van der Waals surface area contributed by atoms with Crippen molar-refractivity contribution in [3.8, 4) is 0 Å². The highest BCUT2D eigenvalue weighted by Gasteiger charge is 2.59. The molecular formula is C21H32O17. The molecule has 3 heterocycles. The van der Waals surface area contributed by atoms with Crippen LogP contribution in [0.3, 0.4) is 0 Å². The van der Waals surface area contributed by atoms with Gasteiger partial charge in [-0.05, 0) is 11.6 Å². The molecule has 0 aromatic carbocycles. The predicted molar refractivity (Wildman–Crippen MR) is 113 cm³/mol. The molecule has 10 N–H and O–H groups in total. The maximum Gasteiger partial charge on any atom is 0.240 e. The van der Waals surface area contributed by atoms with E-state index in [-0.39, 0.29) is 5.57 Å². The molecule has 38 heavy (non-hydrogen) atoms. The molecule has 3 aliphatic heterocycles. The van der Waals surface area contributed by atoms with Gasteiger partial charge in [-0.15, -0.1) is 0 Å². The molecule has 4 aliphatic rings. The smallest absolute Gasteiger partial charge is 0.240 e. The number of aliphatic hydroxyl groups is 10. The zero-order valence-corrected chi connectivity index (χ0v) is 19.7. The first-order chi connectivity index (χ1) is 18.1. The minimum atomic E-state index is -1.89. The number of rotatable bonds is 9. The van der Waals surface area contributed by atoms with Gasteiger partial charge in [-0.2, -0.15) is 9.78 Å². The number of fused-ring (bicyclic) bond motifs is 1. The van der Waals surface area contributed by atoms with Crippen molar-refractivity contribution >= 4 is 0 Å². The quantitative estimate of drug-likeness (QED) is 0.0719. The number of aliphatic hydroxyl groups excluding tert-OH is 10. The van der Waals surface area contributed by atoms with Crippen LogP contribution in [-0.2, 0) is 33.8 Å². The van der Waals surface area contributed by atoms with E-state index in [0.29, 0.717) is 0 Å². The van der Waals surface area contributed by atoms with Crippen molar-refractivity contribution < 1.29 is 84.8 Å². The molecule has 14 unspecified atom stereocenters. The lowest BCUT2D eigenvalue weighted by Gasteiger charge is -2.44. The molecule has 2 fully saturated rings. The van der Waals surface area contributed by atoms with E-state index < -0.39 is 105 Å². The summed E-state index contributed by atoms with van der Waals surface area (Å²) in [6.45, 7) is -2.06. The Morgan fingerprint density at radius 3 is 1.74 bits per heavy atom. The van der Waals surface area contributed by atoms with E-state index in [4.69, 9.17) is 33.8 Å². The Morgan fingerprint density at radius 1 is 0.684 bits per heavy atom. The van der Waals surface area contributed by atoms with Gasteiger partial charge in [0, 0.05) is 0 Å². The van der Waals surface area contributed by atoms with Crippen molar-refractivity contribution in [3.63, 3.8) is 0 Å². The van der Waals surface area contributed by atoms with Crippen molar-refractivity contribution in [2.24, 2.45) is 5.92 Å². The van der Waals surface area contributed by atoms with Crippen LogP contribution in [0.15, 0.2) is 24.0 Å². The molecule has 0 amide bonds. The van der Waals surface area contributed by atoms with Crippen molar-refractivity contribution in [1.82, 2.24) is 0 Å². The second-order valence-electron chi connectivity index (χ2n) is 9.25. The van der Waals surface area contributed by atoms with Gasteiger partial charge < -0.3 is 65.3 Å². The summed E-state index contributed by atoms with van der Waals surface area (Å²) in [4.78, 5) is 21.0. The zero-order chi connectivity index (χ0) is 27.8. The third-order valence-electron chi connectivity index (χ3n) is 6.95. The summed E-state index contributed by atoms with van der Waals surface area (Å²) in [5, 5.41) is 99.5. The maximum atomic E-state index is 10.8. The molecule has 218 valence electrons. The van der Waals surface area contributed by atoms with Crippen LogP contribution in [0.5, 0.6) is 0 Å². The molecule has 0 radical (unpaired) electrons. The molecule has 17 nitrogen and oxygen atoms in total. The fourth-order valence-electron chi connectivity index (χ4n) is 4.69. The Balaban J connectivity index is 1.48. The summed E-state index contributed by atoms with van der Waals surface area (Å²) < 4.78 is 15.8. The van der Waals surface area contributed by atoms with Crippen LogP contribution < -0.4 is 0 Å². The lowest BCUT2D eigenvalue weighted by atomic mass is 9.83. The van der Waals surface area contributed by atoms with E-state index >= 15 is 0 Å². The first kappa shape index (κ1) is 29.6. The maximum absolute atomic E-state index is 10.8. The van der Waals surface area contributed by atoms with Gasteiger partial charge in [0.15, 0.2) is 5.60 Å². The van der Waals surface area contributed by atoms with Gasteiger partial charge in [0.2, 0.25) is 18.9 Å². The van der Waals surface area contributed by atoms with Gasteiger partial charge in [0.25, 0.3) is 0 Å². The highest BCUT2D eigenvalue weighted by molar-refractivity contribution is 5.33. The predicted octanol–water partition coefficient (Wildman–Crippen LogP) is -6.00. The molecule has 0 spiro atoms. The third-order valence-corrected chi connectivity index (χ3v) is 6.95. The van der Waals surface area contributed by atoms with Gasteiger partial charge in [0.05, 0.1) is 32.0 Å². The van der Waals surface area contributed by atoms with Crippen LogP contribution in [-0.4, -0.2) is 150 Å². The summed E-state index contributed by atoms with van der Waals surface area (Å²) in [6, 6.07) is 0. The van der Waals surface area contributed by atoms with Crippen LogP contribution >= 0.6 is 0 Å². The van der Waals surface area contributed by atoms with Gasteiger partial charge in [-0.1, -0.05) is 6.08 Å². The summed E-state index contributed by atoms with van der Waals surface area (Å²) >= 11 is 0. The van der Waals surface area contributed by atoms with Crippen molar-refractivity contribution in [1.29, 1.82) is 0 Å². The normalized spacial score (nSPS) is 48.9. The number of hydrogen-bond donors (Lipinski definition) is 10. The Hall–Kier alpha value is -1.36. The second kappa shape index (κ2) is 12.0. The molecule has 4 rings (SSSR count). The van der Waals surface area contributed by atoms with E-state index in [9.17, 15) is 51.1 Å². The van der Waals surface area contributed by atoms with Crippen molar-refractivity contribution in [2.45, 2.75) is 79.4 Å². The van der Waals surface area contributed by atoms with Gasteiger partial charge in [-0.3, -0.25) is 0 Å². The van der Waals surface area contributed by atoms with E-state index in [0.717, 1.165) is 6.26 Å². The van der Waals surface area contributed by atoms with Gasteiger partial charge in [-0.25, -0.2) is 9.78 Å². The standard InChI is InChI=1S/C21H32O17/c22-4-7-3-10(25)21(38-37-20-17(31)15(29)13(27)9(6-24)34-20)1-2-32-18(11(7)21)35-36-19-16(30)14(28)12(26)8(5-23)33-19/h1-3,8-20,22-31H,4-6H2. The lowest BCUT2D eigenvalue weighted by Crippen LogP contribution is -2.61. The molecule has 14 atom stereocenters. The molecule has 2 saturated heterocycles. The van der Waals surface area contributed by atoms with Gasteiger partial charge >= 0.3 is 0 Å². The summed E-state index contributed by atoms with van der Waals surface area (Å²) in [5.74, 6) is -1.21. The molecule has 0 aromatic rings. The Kier molecular flexibility index (Phi) is 9.37. The van der Waals surface area contributed by atoms with Crippen LogP contribution in [0.4, 0.5) is 0 Å². The van der Waals surface area contributed by atoms with Crippen LogP contribution in [0.1, 0.15) is 0 Å². The number of hydrogen-bond acceptors (Lipinski definition) is 17. The van der Waals surface area contributed by atoms with Crippen LogP contribution in [0, 0.1) is 5.92 Å². The Bertz CT molecular complexity index is 852. The summed E-state index contributed by atoms with van der Waals surface area (Å²) in [6.07, 6.45) is -16.0. The van der Waals surface area contributed by atoms with E-state index in [1.165, 1.54) is 12.2 Å². The van der Waals surface area contributed by atoms with Gasteiger partial charge in [0.1, 0.15) is 54.9 Å². The summed E-state index contributed by atoms with van der Waals surface area (Å²) in [5.41, 5.74) is -1.76. The fourth-order valence-corrected chi connectivity index (χ4v) is 4.69. The van der Waals surface area contributed by atoms with E-state index in [1.807, 2.05) is 0 Å². The average Bonchev–Trinajstić information content (AvgIpc) is 3.21. The first-order valence-corrected chi connectivity index (χ1v) is 11.7. The average molecular weight is 556 g/mol. The lowest BCUT2D eigenvalue weighted by molar-refractivity contribution is -0.490. The summed E-state index contributed by atoms with van der Waals surface area (Å²) in [7, 11) is 0. The van der Waals surface area contributed by atoms with E-state index in [1.54, 1.807) is 0 Å². The Labute approximate surface area is 214 Å². The molecular weight excluding hydrogens is 524 g/mol.